The lowest BCUT2D eigenvalue weighted by Crippen LogP contribution is -2.30. The number of nitrogens with zero attached hydrogens (tertiary/aromatic N) is 1. The molecule has 1 unspecified atom stereocenters. The van der Waals surface area contributed by atoms with Crippen LogP contribution in [0, 0.1) is 0 Å². The summed E-state index contributed by atoms with van der Waals surface area (Å²) in [6.45, 7) is 0.795. The lowest BCUT2D eigenvalue weighted by Gasteiger charge is -2.10. The van der Waals surface area contributed by atoms with Crippen LogP contribution in [0.1, 0.15) is 19.3 Å². The maximum absolute atomic E-state index is 11.9. The first-order valence-electron chi connectivity index (χ1n) is 6.88. The monoisotopic (exact) mass is 287 g/mol. The van der Waals surface area contributed by atoms with Gasteiger partial charge in [-0.3, -0.25) is 4.79 Å². The van der Waals surface area contributed by atoms with Gasteiger partial charge in [0.15, 0.2) is 5.16 Å². The van der Waals surface area contributed by atoms with E-state index in [4.69, 9.17) is 0 Å². The molecular weight excluding hydrogens is 270 g/mol. The van der Waals surface area contributed by atoms with Crippen LogP contribution in [0.25, 0.3) is 11.3 Å². The standard InChI is InChI=1S/C15H17N3OS/c19-14-13(8-4-5-9-16-14)20-15-17-10-12(18-15)11-6-2-1-3-7-11/h1-3,6-7,10,13H,4-5,8-9H2,(H,16,19)(H,17,18). The highest BCUT2D eigenvalue weighted by Crippen LogP contribution is 2.27. The molecule has 1 fully saturated rings. The molecule has 1 aromatic heterocycles. The average Bonchev–Trinajstić information content (AvgIpc) is 2.86. The van der Waals surface area contributed by atoms with Gasteiger partial charge < -0.3 is 10.3 Å². The van der Waals surface area contributed by atoms with Crippen molar-refractivity contribution < 1.29 is 4.79 Å². The van der Waals surface area contributed by atoms with Crippen molar-refractivity contribution in [3.63, 3.8) is 0 Å². The van der Waals surface area contributed by atoms with Crippen molar-refractivity contribution in [3.05, 3.63) is 36.5 Å². The zero-order valence-corrected chi connectivity index (χ0v) is 12.0. The average molecular weight is 287 g/mol. The van der Waals surface area contributed by atoms with E-state index in [1.54, 1.807) is 0 Å². The first-order chi connectivity index (χ1) is 9.83. The van der Waals surface area contributed by atoms with E-state index in [9.17, 15) is 4.79 Å². The maximum Gasteiger partial charge on any atom is 0.233 e. The Morgan fingerprint density at radius 2 is 2.05 bits per heavy atom. The van der Waals surface area contributed by atoms with Crippen LogP contribution in [-0.4, -0.2) is 27.7 Å². The smallest absolute Gasteiger partial charge is 0.233 e. The number of nitrogens with one attached hydrogen (secondary N) is 2. The molecule has 4 nitrogen and oxygen atoms in total. The number of imidazole rings is 1. The summed E-state index contributed by atoms with van der Waals surface area (Å²) < 4.78 is 0. The Labute approximate surface area is 122 Å². The summed E-state index contributed by atoms with van der Waals surface area (Å²) in [4.78, 5) is 19.6. The Bertz CT molecular complexity index is 582. The summed E-state index contributed by atoms with van der Waals surface area (Å²) in [5.41, 5.74) is 2.10. The van der Waals surface area contributed by atoms with Gasteiger partial charge in [0.1, 0.15) is 0 Å². The van der Waals surface area contributed by atoms with Crippen LogP contribution in [0.4, 0.5) is 0 Å². The first-order valence-corrected chi connectivity index (χ1v) is 7.76. The van der Waals surface area contributed by atoms with Crippen LogP contribution in [0.5, 0.6) is 0 Å². The molecule has 0 saturated carbocycles. The van der Waals surface area contributed by atoms with Crippen LogP contribution in [0.3, 0.4) is 0 Å². The van der Waals surface area contributed by atoms with Crippen molar-refractivity contribution in [1.29, 1.82) is 0 Å². The molecule has 1 aromatic carbocycles. The Morgan fingerprint density at radius 3 is 2.90 bits per heavy atom. The Kier molecular flexibility index (Phi) is 4.06. The van der Waals surface area contributed by atoms with Gasteiger partial charge in [0.25, 0.3) is 0 Å². The third-order valence-corrected chi connectivity index (χ3v) is 4.54. The van der Waals surface area contributed by atoms with E-state index in [2.05, 4.69) is 15.3 Å². The third-order valence-electron chi connectivity index (χ3n) is 3.38. The first kappa shape index (κ1) is 13.2. The van der Waals surface area contributed by atoms with E-state index in [1.165, 1.54) is 11.8 Å². The van der Waals surface area contributed by atoms with Crippen molar-refractivity contribution >= 4 is 17.7 Å². The van der Waals surface area contributed by atoms with Crippen molar-refractivity contribution in [2.45, 2.75) is 29.7 Å². The summed E-state index contributed by atoms with van der Waals surface area (Å²) in [5, 5.41) is 3.73. The van der Waals surface area contributed by atoms with Crippen molar-refractivity contribution in [2.24, 2.45) is 0 Å². The molecule has 2 aromatic rings. The second-order valence-electron chi connectivity index (χ2n) is 4.86. The van der Waals surface area contributed by atoms with Crippen molar-refractivity contribution in [2.75, 3.05) is 6.54 Å². The maximum atomic E-state index is 11.9. The molecule has 3 rings (SSSR count). The molecule has 0 radical (unpaired) electrons. The van der Waals surface area contributed by atoms with Gasteiger partial charge in [-0.1, -0.05) is 48.5 Å². The predicted octanol–water partition coefficient (Wildman–Crippen LogP) is 2.84. The van der Waals surface area contributed by atoms with E-state index >= 15 is 0 Å². The van der Waals surface area contributed by atoms with Crippen LogP contribution in [-0.2, 0) is 4.79 Å². The third kappa shape index (κ3) is 3.04. The fourth-order valence-electron chi connectivity index (χ4n) is 2.29. The number of hydrogen-bond acceptors (Lipinski definition) is 3. The molecule has 0 aliphatic carbocycles. The number of carbonyl (C=O) groups excluding carboxylic acids is 1. The molecule has 1 amide bonds. The molecule has 0 spiro atoms. The second-order valence-corrected chi connectivity index (χ2v) is 6.05. The zero-order valence-electron chi connectivity index (χ0n) is 11.1. The van der Waals surface area contributed by atoms with Crippen molar-refractivity contribution in [3.8, 4) is 11.3 Å². The molecule has 1 saturated heterocycles. The van der Waals surface area contributed by atoms with Crippen LogP contribution < -0.4 is 5.32 Å². The molecule has 1 aliphatic heterocycles. The molecule has 2 N–H and O–H groups in total. The molecule has 20 heavy (non-hydrogen) atoms. The van der Waals surface area contributed by atoms with Crippen molar-refractivity contribution in [1.82, 2.24) is 15.3 Å². The highest BCUT2D eigenvalue weighted by Gasteiger charge is 2.22. The molecule has 1 aliphatic rings. The van der Waals surface area contributed by atoms with Gasteiger partial charge in [-0.05, 0) is 18.4 Å². The Morgan fingerprint density at radius 1 is 1.20 bits per heavy atom. The molecular formula is C15H17N3OS. The number of hydrogen-bond donors (Lipinski definition) is 2. The zero-order chi connectivity index (χ0) is 13.8. The number of rotatable bonds is 3. The molecule has 2 heterocycles. The van der Waals surface area contributed by atoms with E-state index in [1.807, 2.05) is 36.5 Å². The number of aromatic amines is 1. The van der Waals surface area contributed by atoms with Gasteiger partial charge in [-0.2, -0.15) is 0 Å². The lowest BCUT2D eigenvalue weighted by molar-refractivity contribution is -0.120. The molecule has 104 valence electrons. The predicted molar refractivity (Wildman–Crippen MR) is 80.5 cm³/mol. The van der Waals surface area contributed by atoms with Gasteiger partial charge in [0.05, 0.1) is 17.1 Å². The minimum Gasteiger partial charge on any atom is -0.355 e. The van der Waals surface area contributed by atoms with E-state index < -0.39 is 0 Å². The summed E-state index contributed by atoms with van der Waals surface area (Å²) in [5.74, 6) is 0.130. The topological polar surface area (TPSA) is 57.8 Å². The largest absolute Gasteiger partial charge is 0.355 e. The summed E-state index contributed by atoms with van der Waals surface area (Å²) in [6, 6.07) is 10.1. The normalized spacial score (nSPS) is 19.4. The number of thioether (sulfide) groups is 1. The summed E-state index contributed by atoms with van der Waals surface area (Å²) >= 11 is 1.52. The number of amides is 1. The number of H-pyrrole nitrogens is 1. The summed E-state index contributed by atoms with van der Waals surface area (Å²) in [7, 11) is 0. The van der Waals surface area contributed by atoms with E-state index in [-0.39, 0.29) is 11.2 Å². The van der Waals surface area contributed by atoms with Crippen LogP contribution in [0.2, 0.25) is 0 Å². The minimum atomic E-state index is -0.0349. The van der Waals surface area contributed by atoms with Crippen LogP contribution >= 0.6 is 11.8 Å². The number of benzene rings is 1. The van der Waals surface area contributed by atoms with Gasteiger partial charge in [0.2, 0.25) is 5.91 Å². The minimum absolute atomic E-state index is 0.0349. The Balaban J connectivity index is 1.72. The highest BCUT2D eigenvalue weighted by molar-refractivity contribution is 8.00. The fourth-order valence-corrected chi connectivity index (χ4v) is 3.31. The van der Waals surface area contributed by atoms with Crippen LogP contribution in [0.15, 0.2) is 41.7 Å². The van der Waals surface area contributed by atoms with E-state index in [0.29, 0.717) is 0 Å². The second kappa shape index (κ2) is 6.13. The van der Waals surface area contributed by atoms with Gasteiger partial charge in [0, 0.05) is 6.54 Å². The molecule has 5 heteroatoms. The van der Waals surface area contributed by atoms with Gasteiger partial charge in [-0.15, -0.1) is 0 Å². The fraction of sp³-hybridized carbons (Fsp3) is 0.333. The quantitative estimate of drug-likeness (QED) is 0.912. The SMILES string of the molecule is O=C1NCCCCC1Sc1ncc(-c2ccccc2)[nH]1. The van der Waals surface area contributed by atoms with Gasteiger partial charge >= 0.3 is 0 Å². The highest BCUT2D eigenvalue weighted by atomic mass is 32.2. The summed E-state index contributed by atoms with van der Waals surface area (Å²) in [6.07, 6.45) is 4.89. The number of carbonyl (C=O) groups is 1. The molecule has 0 bridgehead atoms. The van der Waals surface area contributed by atoms with E-state index in [0.717, 1.165) is 42.2 Å². The lowest BCUT2D eigenvalue weighted by atomic mass is 10.2. The molecule has 1 atom stereocenters. The Hall–Kier alpha value is -1.75. The number of aromatic nitrogens is 2. The van der Waals surface area contributed by atoms with Gasteiger partial charge in [-0.25, -0.2) is 4.98 Å².